The number of ether oxygens (including phenoxy) is 1. The fourth-order valence-corrected chi connectivity index (χ4v) is 1.38. The maximum atomic E-state index is 10.8. The molecule has 0 aromatic heterocycles. The van der Waals surface area contributed by atoms with E-state index in [1.165, 1.54) is 6.07 Å². The SMILES string of the molecule is Cc1cc(O)c(COC(C)C)c(O)c1C=O. The number of hydrogen-bond donors (Lipinski definition) is 2. The Kier molecular flexibility index (Phi) is 3.90. The molecule has 0 aliphatic heterocycles. The molecule has 1 aromatic rings. The quantitative estimate of drug-likeness (QED) is 0.769. The van der Waals surface area contributed by atoms with Crippen LogP contribution in [0.3, 0.4) is 0 Å². The molecule has 0 spiro atoms. The number of aldehydes is 1. The van der Waals surface area contributed by atoms with E-state index in [0.29, 0.717) is 11.8 Å². The molecule has 0 radical (unpaired) electrons. The summed E-state index contributed by atoms with van der Waals surface area (Å²) in [6.45, 7) is 5.43. The molecule has 2 N–H and O–H groups in total. The Morgan fingerprint density at radius 3 is 2.56 bits per heavy atom. The highest BCUT2D eigenvalue weighted by molar-refractivity contribution is 5.83. The van der Waals surface area contributed by atoms with Crippen LogP contribution in [-0.4, -0.2) is 22.6 Å². The molecule has 0 bridgehead atoms. The van der Waals surface area contributed by atoms with Gasteiger partial charge in [0.15, 0.2) is 6.29 Å². The van der Waals surface area contributed by atoms with Crippen LogP contribution in [0.5, 0.6) is 11.5 Å². The highest BCUT2D eigenvalue weighted by Crippen LogP contribution is 2.33. The first-order chi connectivity index (χ1) is 7.47. The van der Waals surface area contributed by atoms with Crippen molar-refractivity contribution in [3.63, 3.8) is 0 Å². The summed E-state index contributed by atoms with van der Waals surface area (Å²) in [7, 11) is 0. The molecule has 1 aromatic carbocycles. The lowest BCUT2D eigenvalue weighted by Gasteiger charge is -2.13. The van der Waals surface area contributed by atoms with Crippen LogP contribution < -0.4 is 0 Å². The molecule has 4 nitrogen and oxygen atoms in total. The molecule has 0 heterocycles. The van der Waals surface area contributed by atoms with Crippen molar-refractivity contribution >= 4 is 6.29 Å². The lowest BCUT2D eigenvalue weighted by atomic mass is 10.0. The van der Waals surface area contributed by atoms with Crippen LogP contribution in [0.15, 0.2) is 6.07 Å². The third kappa shape index (κ3) is 2.52. The molecule has 0 unspecified atom stereocenters. The summed E-state index contributed by atoms with van der Waals surface area (Å²) < 4.78 is 5.29. The summed E-state index contributed by atoms with van der Waals surface area (Å²) in [5.41, 5.74) is 0.986. The van der Waals surface area contributed by atoms with E-state index in [0.717, 1.165) is 0 Å². The average Bonchev–Trinajstić information content (AvgIpc) is 2.16. The molecule has 16 heavy (non-hydrogen) atoms. The van der Waals surface area contributed by atoms with Gasteiger partial charge in [0.2, 0.25) is 0 Å². The van der Waals surface area contributed by atoms with Crippen molar-refractivity contribution in [2.45, 2.75) is 33.5 Å². The van der Waals surface area contributed by atoms with Gasteiger partial charge in [-0.1, -0.05) is 0 Å². The highest BCUT2D eigenvalue weighted by atomic mass is 16.5. The van der Waals surface area contributed by atoms with Crippen LogP contribution >= 0.6 is 0 Å². The second-order valence-corrected chi connectivity index (χ2v) is 3.93. The van der Waals surface area contributed by atoms with E-state index in [2.05, 4.69) is 0 Å². The van der Waals surface area contributed by atoms with Crippen molar-refractivity contribution in [1.82, 2.24) is 0 Å². The molecular formula is C12H16O4. The van der Waals surface area contributed by atoms with Gasteiger partial charge in [-0.25, -0.2) is 0 Å². The van der Waals surface area contributed by atoms with Crippen LogP contribution in [0.4, 0.5) is 0 Å². The summed E-state index contributed by atoms with van der Waals surface area (Å²) in [4.78, 5) is 10.8. The molecule has 88 valence electrons. The van der Waals surface area contributed by atoms with Crippen LogP contribution in [0.2, 0.25) is 0 Å². The second kappa shape index (κ2) is 4.99. The smallest absolute Gasteiger partial charge is 0.154 e. The molecule has 0 saturated heterocycles. The summed E-state index contributed by atoms with van der Waals surface area (Å²) >= 11 is 0. The number of rotatable bonds is 4. The molecule has 0 saturated carbocycles. The van der Waals surface area contributed by atoms with E-state index in [-0.39, 0.29) is 35.3 Å². The third-order valence-corrected chi connectivity index (χ3v) is 2.31. The fraction of sp³-hybridized carbons (Fsp3) is 0.417. The van der Waals surface area contributed by atoms with Crippen molar-refractivity contribution in [3.8, 4) is 11.5 Å². The fourth-order valence-electron chi connectivity index (χ4n) is 1.38. The molecule has 4 heteroatoms. The maximum absolute atomic E-state index is 10.8. The van der Waals surface area contributed by atoms with Crippen molar-refractivity contribution in [3.05, 3.63) is 22.8 Å². The van der Waals surface area contributed by atoms with Crippen molar-refractivity contribution < 1.29 is 19.7 Å². The van der Waals surface area contributed by atoms with E-state index in [4.69, 9.17) is 4.74 Å². The van der Waals surface area contributed by atoms with E-state index < -0.39 is 0 Å². The molecular weight excluding hydrogens is 208 g/mol. The van der Waals surface area contributed by atoms with Crippen molar-refractivity contribution in [2.75, 3.05) is 0 Å². The number of benzene rings is 1. The Balaban J connectivity index is 3.12. The Hall–Kier alpha value is -1.55. The zero-order chi connectivity index (χ0) is 12.3. The number of aromatic hydroxyl groups is 2. The Bertz CT molecular complexity index is 396. The van der Waals surface area contributed by atoms with Gasteiger partial charge in [0, 0.05) is 0 Å². The van der Waals surface area contributed by atoms with E-state index >= 15 is 0 Å². The predicted octanol–water partition coefficient (Wildman–Crippen LogP) is 2.14. The zero-order valence-electron chi connectivity index (χ0n) is 9.65. The lowest BCUT2D eigenvalue weighted by Crippen LogP contribution is -2.04. The van der Waals surface area contributed by atoms with Crippen LogP contribution in [0, 0.1) is 6.92 Å². The summed E-state index contributed by atoms with van der Waals surface area (Å²) in [5.74, 6) is -0.255. The van der Waals surface area contributed by atoms with Gasteiger partial charge in [-0.2, -0.15) is 0 Å². The third-order valence-electron chi connectivity index (χ3n) is 2.31. The van der Waals surface area contributed by atoms with Gasteiger partial charge >= 0.3 is 0 Å². The molecule has 1 rings (SSSR count). The van der Waals surface area contributed by atoms with E-state index in [9.17, 15) is 15.0 Å². The van der Waals surface area contributed by atoms with Gasteiger partial charge in [-0.15, -0.1) is 0 Å². The first-order valence-corrected chi connectivity index (χ1v) is 5.08. The maximum Gasteiger partial charge on any atom is 0.154 e. The van der Waals surface area contributed by atoms with Gasteiger partial charge < -0.3 is 14.9 Å². The summed E-state index contributed by atoms with van der Waals surface area (Å²) in [6, 6.07) is 1.45. The van der Waals surface area contributed by atoms with Crippen LogP contribution in [-0.2, 0) is 11.3 Å². The molecule has 0 aliphatic rings. The topological polar surface area (TPSA) is 66.8 Å². The number of aryl methyl sites for hydroxylation is 1. The molecule has 0 amide bonds. The van der Waals surface area contributed by atoms with Crippen LogP contribution in [0.1, 0.15) is 35.3 Å². The number of phenolic OH excluding ortho intramolecular Hbond substituents is 2. The Morgan fingerprint density at radius 2 is 2.06 bits per heavy atom. The van der Waals surface area contributed by atoms with Gasteiger partial charge in [-0.05, 0) is 32.4 Å². The van der Waals surface area contributed by atoms with E-state index in [1.54, 1.807) is 6.92 Å². The minimum atomic E-state index is -0.201. The van der Waals surface area contributed by atoms with Crippen LogP contribution in [0.25, 0.3) is 0 Å². The van der Waals surface area contributed by atoms with Gasteiger partial charge in [0.1, 0.15) is 11.5 Å². The minimum Gasteiger partial charge on any atom is -0.507 e. The van der Waals surface area contributed by atoms with E-state index in [1.807, 2.05) is 13.8 Å². The number of carbonyl (C=O) groups excluding carboxylic acids is 1. The number of carbonyl (C=O) groups is 1. The highest BCUT2D eigenvalue weighted by Gasteiger charge is 2.15. The van der Waals surface area contributed by atoms with Gasteiger partial charge in [0.05, 0.1) is 23.8 Å². The molecule has 0 fully saturated rings. The minimum absolute atomic E-state index is 0.0141. The molecule has 0 atom stereocenters. The van der Waals surface area contributed by atoms with Gasteiger partial charge in [0.25, 0.3) is 0 Å². The Morgan fingerprint density at radius 1 is 1.44 bits per heavy atom. The van der Waals surface area contributed by atoms with Crippen molar-refractivity contribution in [1.29, 1.82) is 0 Å². The predicted molar refractivity (Wildman–Crippen MR) is 59.8 cm³/mol. The largest absolute Gasteiger partial charge is 0.507 e. The first kappa shape index (κ1) is 12.5. The monoisotopic (exact) mass is 224 g/mol. The standard InChI is InChI=1S/C12H16O4/c1-7(2)16-6-10-11(14)4-8(3)9(5-13)12(10)15/h4-5,7,14-15H,6H2,1-3H3. The van der Waals surface area contributed by atoms with Crippen molar-refractivity contribution in [2.24, 2.45) is 0 Å². The second-order valence-electron chi connectivity index (χ2n) is 3.93. The Labute approximate surface area is 94.5 Å². The zero-order valence-corrected chi connectivity index (χ0v) is 9.65. The average molecular weight is 224 g/mol. The normalized spacial score (nSPS) is 10.8. The van der Waals surface area contributed by atoms with Gasteiger partial charge in [-0.3, -0.25) is 4.79 Å². The summed E-state index contributed by atoms with van der Waals surface area (Å²) in [5, 5.41) is 19.4. The summed E-state index contributed by atoms with van der Waals surface area (Å²) in [6.07, 6.45) is 0.558. The first-order valence-electron chi connectivity index (χ1n) is 5.08. The number of phenols is 2. The lowest BCUT2D eigenvalue weighted by molar-refractivity contribution is 0.0632. The molecule has 0 aliphatic carbocycles. The number of hydrogen-bond acceptors (Lipinski definition) is 4.